The number of carbonyl (C=O) groups excluding carboxylic acids is 1. The summed E-state index contributed by atoms with van der Waals surface area (Å²) in [7, 11) is 1.61. The summed E-state index contributed by atoms with van der Waals surface area (Å²) in [6.07, 6.45) is 3.14. The van der Waals surface area contributed by atoms with Crippen LogP contribution in [0.2, 0.25) is 0 Å². The first kappa shape index (κ1) is 13.7. The van der Waals surface area contributed by atoms with Gasteiger partial charge in [0.15, 0.2) is 5.78 Å². The Balaban J connectivity index is 1.88. The van der Waals surface area contributed by atoms with Crippen LogP contribution in [0.25, 0.3) is 0 Å². The first-order valence-electron chi connectivity index (χ1n) is 7.22. The summed E-state index contributed by atoms with van der Waals surface area (Å²) in [5.74, 6) is 1.70. The summed E-state index contributed by atoms with van der Waals surface area (Å²) in [5.41, 5.74) is 2.52. The molecule has 0 saturated carbocycles. The van der Waals surface area contributed by atoms with Crippen molar-refractivity contribution in [3.63, 3.8) is 0 Å². The van der Waals surface area contributed by atoms with Gasteiger partial charge < -0.3 is 9.47 Å². The highest BCUT2D eigenvalue weighted by Gasteiger charge is 2.14. The molecule has 0 aliphatic carbocycles. The van der Waals surface area contributed by atoms with Gasteiger partial charge in [-0.05, 0) is 67.3 Å². The van der Waals surface area contributed by atoms with Gasteiger partial charge in [0.25, 0.3) is 0 Å². The van der Waals surface area contributed by atoms with E-state index in [0.29, 0.717) is 11.1 Å². The van der Waals surface area contributed by atoms with Crippen LogP contribution in [0.5, 0.6) is 11.5 Å². The SMILES string of the molecule is COc1ccc(C(=O)c2ccc3c(c2)CCCCO3)cc1. The highest BCUT2D eigenvalue weighted by Crippen LogP contribution is 2.26. The van der Waals surface area contributed by atoms with Crippen molar-refractivity contribution in [2.24, 2.45) is 0 Å². The first-order valence-corrected chi connectivity index (χ1v) is 7.22. The smallest absolute Gasteiger partial charge is 0.193 e. The summed E-state index contributed by atoms with van der Waals surface area (Å²) < 4.78 is 10.8. The Labute approximate surface area is 124 Å². The number of methoxy groups -OCH3 is 1. The van der Waals surface area contributed by atoms with Crippen LogP contribution in [-0.4, -0.2) is 19.5 Å². The lowest BCUT2D eigenvalue weighted by molar-refractivity contribution is 0.103. The molecule has 21 heavy (non-hydrogen) atoms. The number of carbonyl (C=O) groups is 1. The van der Waals surface area contributed by atoms with Crippen LogP contribution in [0, 0.1) is 0 Å². The second-order valence-electron chi connectivity index (χ2n) is 5.19. The molecule has 1 heterocycles. The molecule has 2 aromatic rings. The molecule has 3 nitrogen and oxygen atoms in total. The molecular weight excluding hydrogens is 264 g/mol. The molecule has 0 atom stereocenters. The molecule has 0 saturated heterocycles. The van der Waals surface area contributed by atoms with Gasteiger partial charge in [-0.2, -0.15) is 0 Å². The molecule has 0 fully saturated rings. The first-order chi connectivity index (χ1) is 10.3. The Morgan fingerprint density at radius 1 is 1.05 bits per heavy atom. The van der Waals surface area contributed by atoms with Crippen molar-refractivity contribution in [3.05, 3.63) is 59.2 Å². The van der Waals surface area contributed by atoms with E-state index in [2.05, 4.69) is 0 Å². The fourth-order valence-electron chi connectivity index (χ4n) is 2.57. The maximum absolute atomic E-state index is 12.5. The highest BCUT2D eigenvalue weighted by molar-refractivity contribution is 6.09. The standard InChI is InChI=1S/C18H18O3/c1-20-16-8-5-13(6-9-16)18(19)15-7-10-17-14(12-15)4-2-3-11-21-17/h5-10,12H,2-4,11H2,1H3. The number of ether oxygens (including phenoxy) is 2. The summed E-state index contributed by atoms with van der Waals surface area (Å²) in [6.45, 7) is 0.763. The molecule has 1 aliphatic heterocycles. The van der Waals surface area contributed by atoms with Crippen molar-refractivity contribution in [3.8, 4) is 11.5 Å². The van der Waals surface area contributed by atoms with Crippen molar-refractivity contribution in [1.82, 2.24) is 0 Å². The summed E-state index contributed by atoms with van der Waals surface area (Å²) in [6, 6.07) is 12.9. The number of benzene rings is 2. The van der Waals surface area contributed by atoms with Gasteiger partial charge in [0.05, 0.1) is 13.7 Å². The molecule has 0 unspecified atom stereocenters. The minimum absolute atomic E-state index is 0.0321. The van der Waals surface area contributed by atoms with Crippen molar-refractivity contribution in [1.29, 1.82) is 0 Å². The van der Waals surface area contributed by atoms with Crippen molar-refractivity contribution >= 4 is 5.78 Å². The molecule has 3 heteroatoms. The zero-order valence-electron chi connectivity index (χ0n) is 12.1. The molecule has 1 aliphatic rings. The average Bonchev–Trinajstić information content (AvgIpc) is 2.79. The number of hydrogen-bond donors (Lipinski definition) is 0. The van der Waals surface area contributed by atoms with Crippen LogP contribution in [-0.2, 0) is 6.42 Å². The molecule has 2 aromatic carbocycles. The van der Waals surface area contributed by atoms with Gasteiger partial charge in [-0.1, -0.05) is 0 Å². The van der Waals surface area contributed by atoms with Crippen LogP contribution in [0.3, 0.4) is 0 Å². The number of ketones is 1. The maximum atomic E-state index is 12.5. The van der Waals surface area contributed by atoms with Gasteiger partial charge in [-0.25, -0.2) is 0 Å². The number of fused-ring (bicyclic) bond motifs is 1. The normalized spacial score (nSPS) is 13.8. The largest absolute Gasteiger partial charge is 0.497 e. The summed E-state index contributed by atoms with van der Waals surface area (Å²) >= 11 is 0. The zero-order chi connectivity index (χ0) is 14.7. The van der Waals surface area contributed by atoms with E-state index < -0.39 is 0 Å². The van der Waals surface area contributed by atoms with Gasteiger partial charge in [0.1, 0.15) is 11.5 Å². The third-order valence-electron chi connectivity index (χ3n) is 3.77. The van der Waals surface area contributed by atoms with Gasteiger partial charge in [-0.3, -0.25) is 4.79 Å². The van der Waals surface area contributed by atoms with E-state index in [0.717, 1.165) is 42.9 Å². The fraction of sp³-hybridized carbons (Fsp3) is 0.278. The third-order valence-corrected chi connectivity index (χ3v) is 3.77. The molecule has 0 bridgehead atoms. The quantitative estimate of drug-likeness (QED) is 0.806. The lowest BCUT2D eigenvalue weighted by Crippen LogP contribution is -2.03. The monoisotopic (exact) mass is 282 g/mol. The van der Waals surface area contributed by atoms with Gasteiger partial charge >= 0.3 is 0 Å². The van der Waals surface area contributed by atoms with E-state index in [-0.39, 0.29) is 5.78 Å². The lowest BCUT2D eigenvalue weighted by atomic mass is 9.99. The minimum atomic E-state index is 0.0321. The Morgan fingerprint density at radius 3 is 2.57 bits per heavy atom. The van der Waals surface area contributed by atoms with Crippen LogP contribution in [0.1, 0.15) is 34.3 Å². The Morgan fingerprint density at radius 2 is 1.81 bits per heavy atom. The lowest BCUT2D eigenvalue weighted by Gasteiger charge is -2.09. The van der Waals surface area contributed by atoms with Gasteiger partial charge in [-0.15, -0.1) is 0 Å². The molecule has 0 N–H and O–H groups in total. The minimum Gasteiger partial charge on any atom is -0.497 e. The average molecular weight is 282 g/mol. The van der Waals surface area contributed by atoms with Crippen molar-refractivity contribution in [2.75, 3.05) is 13.7 Å². The number of hydrogen-bond acceptors (Lipinski definition) is 3. The number of rotatable bonds is 3. The van der Waals surface area contributed by atoms with E-state index in [1.165, 1.54) is 0 Å². The van der Waals surface area contributed by atoms with Gasteiger partial charge in [0, 0.05) is 11.1 Å². The van der Waals surface area contributed by atoms with E-state index in [1.54, 1.807) is 31.4 Å². The molecule has 0 aromatic heterocycles. The van der Waals surface area contributed by atoms with Crippen molar-refractivity contribution < 1.29 is 14.3 Å². The second-order valence-corrected chi connectivity index (χ2v) is 5.19. The van der Waals surface area contributed by atoms with E-state index >= 15 is 0 Å². The van der Waals surface area contributed by atoms with Crippen molar-refractivity contribution in [2.45, 2.75) is 19.3 Å². The van der Waals surface area contributed by atoms with Gasteiger partial charge in [0.2, 0.25) is 0 Å². The molecule has 0 amide bonds. The third kappa shape index (κ3) is 2.92. The molecular formula is C18H18O3. The second kappa shape index (κ2) is 6.00. The van der Waals surface area contributed by atoms with Crippen LogP contribution in [0.4, 0.5) is 0 Å². The summed E-state index contributed by atoms with van der Waals surface area (Å²) in [5, 5.41) is 0. The molecule has 0 spiro atoms. The Kier molecular flexibility index (Phi) is 3.91. The number of aryl methyl sites for hydroxylation is 1. The zero-order valence-corrected chi connectivity index (χ0v) is 12.1. The van der Waals surface area contributed by atoms with E-state index in [9.17, 15) is 4.79 Å². The predicted octanol–water partition coefficient (Wildman–Crippen LogP) is 3.64. The van der Waals surface area contributed by atoms with Crippen LogP contribution in [0.15, 0.2) is 42.5 Å². The maximum Gasteiger partial charge on any atom is 0.193 e. The Bertz CT molecular complexity index is 644. The van der Waals surface area contributed by atoms with Crippen LogP contribution < -0.4 is 9.47 Å². The topological polar surface area (TPSA) is 35.5 Å². The highest BCUT2D eigenvalue weighted by atomic mass is 16.5. The molecule has 0 radical (unpaired) electrons. The Hall–Kier alpha value is -2.29. The van der Waals surface area contributed by atoms with Crippen LogP contribution >= 0.6 is 0 Å². The van der Waals surface area contributed by atoms with E-state index in [1.807, 2.05) is 18.2 Å². The van der Waals surface area contributed by atoms with E-state index in [4.69, 9.17) is 9.47 Å². The summed E-state index contributed by atoms with van der Waals surface area (Å²) in [4.78, 5) is 12.5. The molecule has 3 rings (SSSR count). The predicted molar refractivity (Wildman–Crippen MR) is 81.3 cm³/mol. The fourth-order valence-corrected chi connectivity index (χ4v) is 2.57. The molecule has 108 valence electrons.